The molecule has 1 N–H and O–H groups in total. The molecular formula is C22H17ClN4O2S. The van der Waals surface area contributed by atoms with Crippen molar-refractivity contribution in [2.24, 2.45) is 5.10 Å². The fourth-order valence-corrected chi connectivity index (χ4v) is 4.25. The lowest BCUT2D eigenvalue weighted by Crippen LogP contribution is -2.30. The fraction of sp³-hybridized carbons (Fsp3) is 0.0909. The zero-order chi connectivity index (χ0) is 21.1. The number of benzene rings is 2. The molecule has 0 saturated heterocycles. The quantitative estimate of drug-likeness (QED) is 0.375. The molecule has 0 fully saturated rings. The van der Waals surface area contributed by atoms with Gasteiger partial charge in [-0.1, -0.05) is 54.1 Å². The molecule has 0 saturated carbocycles. The van der Waals surface area contributed by atoms with E-state index in [-0.39, 0.29) is 12.1 Å². The van der Waals surface area contributed by atoms with Crippen molar-refractivity contribution in [2.45, 2.75) is 13.5 Å². The summed E-state index contributed by atoms with van der Waals surface area (Å²) in [4.78, 5) is 31.4. The van der Waals surface area contributed by atoms with E-state index in [0.29, 0.717) is 15.2 Å². The standard InChI is InChI=1S/C22H17ClN4O2S/c1-14-19(16-5-3-2-4-6-16)20-21(30-14)24-13-27(22(20)29)12-18(28)26-25-11-15-7-9-17(23)10-8-15/h2-11,13H,12H2,1H3,(H,26,28)/b25-11+. The zero-order valence-electron chi connectivity index (χ0n) is 16.0. The van der Waals surface area contributed by atoms with Crippen molar-refractivity contribution in [2.75, 3.05) is 0 Å². The van der Waals surface area contributed by atoms with Crippen molar-refractivity contribution in [3.05, 3.63) is 86.7 Å². The SMILES string of the molecule is Cc1sc2ncn(CC(=O)N/N=C/c3ccc(Cl)cc3)c(=O)c2c1-c1ccccc1. The number of nitrogens with zero attached hydrogens (tertiary/aromatic N) is 3. The van der Waals surface area contributed by atoms with Gasteiger partial charge in [-0.15, -0.1) is 11.3 Å². The normalized spacial score (nSPS) is 11.3. The summed E-state index contributed by atoms with van der Waals surface area (Å²) in [6.07, 6.45) is 2.91. The van der Waals surface area contributed by atoms with Crippen LogP contribution in [0.25, 0.3) is 21.3 Å². The summed E-state index contributed by atoms with van der Waals surface area (Å²) in [6, 6.07) is 16.7. The Bertz CT molecular complexity index is 1290. The van der Waals surface area contributed by atoms with E-state index in [4.69, 9.17) is 11.6 Å². The van der Waals surface area contributed by atoms with Gasteiger partial charge in [0.25, 0.3) is 11.5 Å². The molecule has 150 valence electrons. The average molecular weight is 437 g/mol. The highest BCUT2D eigenvalue weighted by Gasteiger charge is 2.17. The number of amides is 1. The van der Waals surface area contributed by atoms with Crippen molar-refractivity contribution in [1.82, 2.24) is 15.0 Å². The molecule has 1 amide bonds. The number of hydrazone groups is 1. The second kappa shape index (κ2) is 8.61. The van der Waals surface area contributed by atoms with E-state index in [1.165, 1.54) is 28.4 Å². The number of aromatic nitrogens is 2. The van der Waals surface area contributed by atoms with Crippen LogP contribution in [0.1, 0.15) is 10.4 Å². The van der Waals surface area contributed by atoms with Crippen LogP contribution in [0.4, 0.5) is 0 Å². The Kier molecular flexibility index (Phi) is 5.74. The van der Waals surface area contributed by atoms with E-state index in [2.05, 4.69) is 15.5 Å². The van der Waals surface area contributed by atoms with Crippen LogP contribution in [0.15, 0.2) is 70.8 Å². The fourth-order valence-electron chi connectivity index (χ4n) is 3.12. The van der Waals surface area contributed by atoms with Gasteiger partial charge in [-0.3, -0.25) is 14.2 Å². The first-order chi connectivity index (χ1) is 14.5. The van der Waals surface area contributed by atoms with E-state index in [0.717, 1.165) is 21.6 Å². The number of carbonyl (C=O) groups excluding carboxylic acids is 1. The summed E-state index contributed by atoms with van der Waals surface area (Å²) in [5, 5.41) is 5.08. The zero-order valence-corrected chi connectivity index (χ0v) is 17.6. The van der Waals surface area contributed by atoms with Crippen molar-refractivity contribution in [1.29, 1.82) is 0 Å². The predicted octanol–water partition coefficient (Wildman–Crippen LogP) is 4.24. The van der Waals surface area contributed by atoms with Crippen LogP contribution in [0.3, 0.4) is 0 Å². The lowest BCUT2D eigenvalue weighted by atomic mass is 10.0. The molecule has 2 aromatic carbocycles. The molecule has 0 atom stereocenters. The third kappa shape index (κ3) is 4.17. The van der Waals surface area contributed by atoms with Gasteiger partial charge in [-0.25, -0.2) is 10.4 Å². The van der Waals surface area contributed by atoms with E-state index in [1.54, 1.807) is 24.3 Å². The Morgan fingerprint density at radius 1 is 1.20 bits per heavy atom. The van der Waals surface area contributed by atoms with Crippen molar-refractivity contribution in [3.63, 3.8) is 0 Å². The molecule has 0 aliphatic rings. The lowest BCUT2D eigenvalue weighted by Gasteiger charge is -2.06. The number of halogens is 1. The Balaban J connectivity index is 1.57. The third-order valence-electron chi connectivity index (χ3n) is 4.50. The first kappa shape index (κ1) is 20.0. The number of thiophene rings is 1. The second-order valence-corrected chi connectivity index (χ2v) is 8.24. The molecule has 0 bridgehead atoms. The van der Waals surface area contributed by atoms with Gasteiger partial charge >= 0.3 is 0 Å². The monoisotopic (exact) mass is 436 g/mol. The van der Waals surface area contributed by atoms with Crippen LogP contribution in [-0.4, -0.2) is 21.7 Å². The van der Waals surface area contributed by atoms with Gasteiger partial charge in [0, 0.05) is 15.5 Å². The molecule has 0 unspecified atom stereocenters. The Labute approximate surface area is 181 Å². The number of fused-ring (bicyclic) bond motifs is 1. The van der Waals surface area contributed by atoms with Crippen LogP contribution in [0.5, 0.6) is 0 Å². The highest BCUT2D eigenvalue weighted by atomic mass is 35.5. The summed E-state index contributed by atoms with van der Waals surface area (Å²) in [6.45, 7) is 1.79. The van der Waals surface area contributed by atoms with Crippen molar-refractivity contribution >= 4 is 45.3 Å². The Morgan fingerprint density at radius 3 is 2.67 bits per heavy atom. The highest BCUT2D eigenvalue weighted by molar-refractivity contribution is 7.19. The molecular weight excluding hydrogens is 420 g/mol. The number of rotatable bonds is 5. The molecule has 2 heterocycles. The summed E-state index contributed by atoms with van der Waals surface area (Å²) in [5.41, 5.74) is 4.79. The highest BCUT2D eigenvalue weighted by Crippen LogP contribution is 2.35. The van der Waals surface area contributed by atoms with Crippen LogP contribution < -0.4 is 11.0 Å². The summed E-state index contributed by atoms with van der Waals surface area (Å²) in [7, 11) is 0. The summed E-state index contributed by atoms with van der Waals surface area (Å²) < 4.78 is 1.30. The van der Waals surface area contributed by atoms with Gasteiger partial charge in [-0.05, 0) is 30.2 Å². The summed E-state index contributed by atoms with van der Waals surface area (Å²) in [5.74, 6) is -0.420. The van der Waals surface area contributed by atoms with E-state index >= 15 is 0 Å². The molecule has 0 radical (unpaired) electrons. The molecule has 6 nitrogen and oxygen atoms in total. The molecule has 0 aliphatic heterocycles. The van der Waals surface area contributed by atoms with Crippen LogP contribution in [0, 0.1) is 6.92 Å². The maximum Gasteiger partial charge on any atom is 0.263 e. The topological polar surface area (TPSA) is 76.3 Å². The molecule has 2 aromatic heterocycles. The third-order valence-corrected chi connectivity index (χ3v) is 5.77. The minimum absolute atomic E-state index is 0.178. The van der Waals surface area contributed by atoms with Gasteiger partial charge < -0.3 is 0 Å². The number of hydrogen-bond donors (Lipinski definition) is 1. The second-order valence-electron chi connectivity index (χ2n) is 6.60. The smallest absolute Gasteiger partial charge is 0.263 e. The van der Waals surface area contributed by atoms with Gasteiger partial charge in [0.05, 0.1) is 17.9 Å². The van der Waals surface area contributed by atoms with E-state index < -0.39 is 5.91 Å². The maximum absolute atomic E-state index is 13.1. The first-order valence-corrected chi connectivity index (χ1v) is 10.3. The first-order valence-electron chi connectivity index (χ1n) is 9.14. The predicted molar refractivity (Wildman–Crippen MR) is 121 cm³/mol. The molecule has 8 heteroatoms. The largest absolute Gasteiger partial charge is 0.289 e. The lowest BCUT2D eigenvalue weighted by molar-refractivity contribution is -0.121. The number of nitrogens with one attached hydrogen (secondary N) is 1. The van der Waals surface area contributed by atoms with Crippen molar-refractivity contribution in [3.8, 4) is 11.1 Å². The van der Waals surface area contributed by atoms with Gasteiger partial charge in [0.2, 0.25) is 0 Å². The van der Waals surface area contributed by atoms with E-state index in [9.17, 15) is 9.59 Å². The number of aryl methyl sites for hydroxylation is 1. The molecule has 4 aromatic rings. The van der Waals surface area contributed by atoms with Crippen LogP contribution in [0.2, 0.25) is 5.02 Å². The molecule has 0 aliphatic carbocycles. The molecule has 4 rings (SSSR count). The number of carbonyl (C=O) groups is 1. The maximum atomic E-state index is 13.1. The van der Waals surface area contributed by atoms with Crippen LogP contribution in [-0.2, 0) is 11.3 Å². The minimum atomic E-state index is -0.420. The van der Waals surface area contributed by atoms with Gasteiger partial charge in [0.15, 0.2) is 0 Å². The molecule has 30 heavy (non-hydrogen) atoms. The molecule has 0 spiro atoms. The minimum Gasteiger partial charge on any atom is -0.289 e. The summed E-state index contributed by atoms with van der Waals surface area (Å²) >= 11 is 7.31. The Hall–Kier alpha value is -3.29. The average Bonchev–Trinajstić information content (AvgIpc) is 3.09. The van der Waals surface area contributed by atoms with Crippen LogP contribution >= 0.6 is 22.9 Å². The van der Waals surface area contributed by atoms with E-state index in [1.807, 2.05) is 37.3 Å². The van der Waals surface area contributed by atoms with Gasteiger partial charge in [0.1, 0.15) is 11.4 Å². The number of hydrogen-bond acceptors (Lipinski definition) is 5. The van der Waals surface area contributed by atoms with Crippen molar-refractivity contribution < 1.29 is 4.79 Å². The Morgan fingerprint density at radius 2 is 1.93 bits per heavy atom. The van der Waals surface area contributed by atoms with Gasteiger partial charge in [-0.2, -0.15) is 5.10 Å².